The third-order valence-corrected chi connectivity index (χ3v) is 7.53. The van der Waals surface area contributed by atoms with Crippen LogP contribution in [0.15, 0.2) is 10.2 Å². The van der Waals surface area contributed by atoms with E-state index >= 15 is 0 Å². The molecule has 0 fully saturated rings. The lowest BCUT2D eigenvalue weighted by Gasteiger charge is -2.38. The Balaban J connectivity index is -0.000000159. The number of nitrogens with zero attached hydrogens (tertiary/aromatic N) is 4. The zero-order valence-corrected chi connectivity index (χ0v) is 29.2. The molecule has 0 bridgehead atoms. The van der Waals surface area contributed by atoms with Gasteiger partial charge in [0.05, 0.1) is 52.4 Å². The first-order valence-corrected chi connectivity index (χ1v) is 17.6. The largest absolute Gasteiger partial charge is 0.742 e. The molecule has 16 heteroatoms. The Morgan fingerprint density at radius 3 is 0.714 bits per heavy atom. The number of hydrogen-bond acceptors (Lipinski definition) is 8. The van der Waals surface area contributed by atoms with Gasteiger partial charge in [-0.1, -0.05) is 55.4 Å². The van der Waals surface area contributed by atoms with E-state index in [1.165, 1.54) is 113 Å². The summed E-state index contributed by atoms with van der Waals surface area (Å²) in [6.07, 6.45) is 10.7. The van der Waals surface area contributed by atoms with E-state index in [1.54, 1.807) is 0 Å². The van der Waals surface area contributed by atoms with Crippen LogP contribution < -0.4 is 11.5 Å². The van der Waals surface area contributed by atoms with Gasteiger partial charge in [-0.3, -0.25) is 0 Å². The summed E-state index contributed by atoms with van der Waals surface area (Å²) >= 11 is 0. The molecule has 0 saturated carbocycles. The van der Waals surface area contributed by atoms with Crippen molar-refractivity contribution in [3.8, 4) is 0 Å². The van der Waals surface area contributed by atoms with Gasteiger partial charge in [-0.15, -0.1) is 10.2 Å². The zero-order valence-electron chi connectivity index (χ0n) is 27.5. The summed E-state index contributed by atoms with van der Waals surface area (Å²) in [4.78, 5) is 0. The van der Waals surface area contributed by atoms with Crippen LogP contribution >= 0.6 is 0 Å². The lowest BCUT2D eigenvalue weighted by molar-refractivity contribution is -0.928. The second-order valence-electron chi connectivity index (χ2n) is 10.3. The second kappa shape index (κ2) is 27.2. The third kappa shape index (κ3) is 24.1. The van der Waals surface area contributed by atoms with Gasteiger partial charge in [-0.2, -0.15) is 0 Å². The maximum atomic E-state index is 10.0. The van der Waals surface area contributed by atoms with E-state index in [-0.39, 0.29) is 11.0 Å². The molecule has 0 atom stereocenters. The normalized spacial score (nSPS) is 12.6. The van der Waals surface area contributed by atoms with E-state index in [0.717, 1.165) is 0 Å². The van der Waals surface area contributed by atoms with Crippen molar-refractivity contribution in [2.45, 2.75) is 107 Å². The zero-order chi connectivity index (χ0) is 31.9. The van der Waals surface area contributed by atoms with Crippen LogP contribution in [0, 0.1) is 0 Å². The predicted octanol–water partition coefficient (Wildman–Crippen LogP) is 1.86. The summed E-state index contributed by atoms with van der Waals surface area (Å²) in [5, 5.41) is 1.89. The van der Waals surface area contributed by atoms with Gasteiger partial charge in [0.15, 0.2) is 20.2 Å². The summed E-state index contributed by atoms with van der Waals surface area (Å²) < 4.78 is 63.0. The molecule has 0 radical (unpaired) electrons. The highest BCUT2D eigenvalue weighted by Gasteiger charge is 2.23. The van der Waals surface area contributed by atoms with Crippen LogP contribution in [0.5, 0.6) is 0 Å². The van der Waals surface area contributed by atoms with Crippen molar-refractivity contribution in [1.29, 1.82) is 0 Å². The average molecular weight is 653 g/mol. The van der Waals surface area contributed by atoms with E-state index in [4.69, 9.17) is 0 Å². The molecule has 0 aliphatic heterocycles. The molecule has 0 spiro atoms. The fraction of sp³-hybridized carbons (Fsp3) is 0.923. The minimum absolute atomic E-state index is 0. The van der Waals surface area contributed by atoms with Gasteiger partial charge in [-0.05, 0) is 51.4 Å². The predicted molar refractivity (Wildman–Crippen MR) is 172 cm³/mol. The third-order valence-electron chi connectivity index (χ3n) is 6.34. The molecule has 258 valence electrons. The molecule has 14 nitrogen and oxygen atoms in total. The molecule has 0 amide bonds. The Hall–Kier alpha value is -1.40. The minimum atomic E-state index is -5.03. The van der Waals surface area contributed by atoms with Crippen molar-refractivity contribution < 1.29 is 45.9 Å². The molecule has 0 heterocycles. The van der Waals surface area contributed by atoms with E-state index < -0.39 is 30.6 Å². The van der Waals surface area contributed by atoms with Crippen LogP contribution in [0.4, 0.5) is 0 Å². The number of nitrogens with two attached hydrogens (primary N) is 2. The Morgan fingerprint density at radius 2 is 0.619 bits per heavy atom. The summed E-state index contributed by atoms with van der Waals surface area (Å²) in [7, 11) is -10.1. The fourth-order valence-corrected chi connectivity index (χ4v) is 5.62. The molecule has 0 saturated heterocycles. The van der Waals surface area contributed by atoms with E-state index in [1.807, 2.05) is 0 Å². The molecule has 0 aliphatic rings. The van der Waals surface area contributed by atoms with Crippen molar-refractivity contribution >= 4 is 30.6 Å². The Morgan fingerprint density at radius 1 is 0.476 bits per heavy atom. The van der Waals surface area contributed by atoms with Crippen LogP contribution in [0.1, 0.15) is 107 Å². The molecule has 42 heavy (non-hydrogen) atoms. The van der Waals surface area contributed by atoms with Crippen LogP contribution in [-0.2, 0) is 20.2 Å². The smallest absolute Gasteiger partial charge is 0.226 e. The van der Waals surface area contributed by atoms with Gasteiger partial charge < -0.3 is 40.5 Å². The highest BCUT2D eigenvalue weighted by molar-refractivity contribution is 8.01. The first kappa shape index (κ1) is 50.2. The first-order valence-electron chi connectivity index (χ1n) is 14.8. The number of amidine groups is 2. The van der Waals surface area contributed by atoms with Crippen molar-refractivity contribution in [2.75, 3.05) is 52.4 Å². The fourth-order valence-electron chi connectivity index (χ4n) is 5.33. The topological polar surface area (TPSA) is 254 Å². The number of hydrogen-bond donors (Lipinski definition) is 2. The Labute approximate surface area is 256 Å². The van der Waals surface area contributed by atoms with Gasteiger partial charge in [0, 0.05) is 0 Å². The van der Waals surface area contributed by atoms with E-state index in [9.17, 15) is 25.9 Å². The summed E-state index contributed by atoms with van der Waals surface area (Å²) in [6, 6.07) is 0. The monoisotopic (exact) mass is 652 g/mol. The maximum Gasteiger partial charge on any atom is 0.226 e. The van der Waals surface area contributed by atoms with Crippen LogP contribution in [0.3, 0.4) is 0 Å². The van der Waals surface area contributed by atoms with Crippen LogP contribution in [0.2, 0.25) is 0 Å². The molecule has 0 aromatic rings. The van der Waals surface area contributed by atoms with Crippen molar-refractivity contribution in [3.63, 3.8) is 0 Å². The summed E-state index contributed by atoms with van der Waals surface area (Å²) in [5.41, 5.74) is 9.06. The second-order valence-corrected chi connectivity index (χ2v) is 12.9. The summed E-state index contributed by atoms with van der Waals surface area (Å²) in [6.45, 7) is 29.6. The lowest BCUT2D eigenvalue weighted by atomic mass is 10.2. The molecule has 0 unspecified atom stereocenters. The summed E-state index contributed by atoms with van der Waals surface area (Å²) in [5.74, 6) is 0. The molecular weight excluding hydrogens is 588 g/mol. The highest BCUT2D eigenvalue weighted by Crippen LogP contribution is 2.13. The molecule has 0 aliphatic carbocycles. The van der Waals surface area contributed by atoms with Crippen molar-refractivity contribution in [1.82, 2.24) is 0 Å². The molecule has 0 aromatic carbocycles. The van der Waals surface area contributed by atoms with Crippen LogP contribution in [0.25, 0.3) is 0 Å². The Kier molecular flexibility index (Phi) is 32.5. The number of rotatable bonds is 17. The molecule has 8 N–H and O–H groups in total. The van der Waals surface area contributed by atoms with E-state index in [2.05, 4.69) is 77.1 Å². The average Bonchev–Trinajstić information content (AvgIpc) is 2.83. The Bertz CT molecular complexity index is 781. The maximum absolute atomic E-state index is 10.0. The SMILES string of the molecule is CCC[N+](CCC)(CCC)CCC.CCC[N+](CCC)(CCC)CCC.N/C(=N\N=C(/N)S(=O)(=O)[O-])S(=O)(=O)[O-].O.O. The standard InChI is InChI=1S/2C12H28N.C2H6N4O6S2.2H2O/c2*1-5-9-13(10-6-2,11-7-3)12-8-4;3-1(13(7,8)9)5-6-2(4)14(10,11)12;;/h2*5-12H2,1-4H3;(H2,3,5)(H2,4,6)(H,7,8,9)(H,10,11,12);2*1H2/q2*+1;;;/p-2. The van der Waals surface area contributed by atoms with Gasteiger partial charge >= 0.3 is 0 Å². The molecule has 0 rings (SSSR count). The lowest BCUT2D eigenvalue weighted by Crippen LogP contribution is -2.50. The minimum Gasteiger partial charge on any atom is -0.742 e. The van der Waals surface area contributed by atoms with Gasteiger partial charge in [0.2, 0.25) is 10.3 Å². The number of quaternary nitrogens is 2. The molecule has 0 aromatic heterocycles. The van der Waals surface area contributed by atoms with Gasteiger partial charge in [-0.25, -0.2) is 16.8 Å². The van der Waals surface area contributed by atoms with Crippen molar-refractivity contribution in [3.05, 3.63) is 0 Å². The van der Waals surface area contributed by atoms with Gasteiger partial charge in [0.25, 0.3) is 0 Å². The van der Waals surface area contributed by atoms with E-state index in [0.29, 0.717) is 0 Å². The van der Waals surface area contributed by atoms with Gasteiger partial charge in [0.1, 0.15) is 0 Å². The quantitative estimate of drug-likeness (QED) is 0.0768. The van der Waals surface area contributed by atoms with Crippen molar-refractivity contribution in [2.24, 2.45) is 21.7 Å². The molecular formula is C26H64N6O8S2. The van der Waals surface area contributed by atoms with Crippen LogP contribution in [-0.4, -0.2) is 109 Å². The highest BCUT2D eigenvalue weighted by atomic mass is 32.2. The first-order chi connectivity index (χ1) is 18.5.